The number of rotatable bonds is 4. The van der Waals surface area contributed by atoms with E-state index in [0.717, 1.165) is 17.9 Å². The normalized spacial score (nSPS) is 42.2. The summed E-state index contributed by atoms with van der Waals surface area (Å²) < 4.78 is 0. The Morgan fingerprint density at radius 1 is 1.35 bits per heavy atom. The van der Waals surface area contributed by atoms with E-state index in [4.69, 9.17) is 0 Å². The van der Waals surface area contributed by atoms with Crippen LogP contribution in [-0.4, -0.2) is 17.2 Å². The van der Waals surface area contributed by atoms with Crippen LogP contribution in [0.4, 0.5) is 0 Å². The Bertz CT molecular complexity index is 643. The highest BCUT2D eigenvalue weighted by Gasteiger charge is 2.63. The highest BCUT2D eigenvalue weighted by molar-refractivity contribution is 7.08. The number of hydrogen-bond acceptors (Lipinski definition) is 4. The van der Waals surface area contributed by atoms with Crippen molar-refractivity contribution in [3.05, 3.63) is 22.4 Å². The number of carbonyl (C=O) groups is 2. The van der Waals surface area contributed by atoms with Gasteiger partial charge in [-0.15, -0.1) is 0 Å². The topological polar surface area (TPSA) is 58.2 Å². The monoisotopic (exact) mass is 332 g/mol. The Balaban J connectivity index is 1.63. The Morgan fingerprint density at radius 2 is 2.17 bits per heavy atom. The molecule has 0 aromatic carbocycles. The Kier molecular flexibility index (Phi) is 3.43. The first kappa shape index (κ1) is 15.3. The van der Waals surface area contributed by atoms with Gasteiger partial charge < -0.3 is 0 Å². The van der Waals surface area contributed by atoms with Gasteiger partial charge in [0.25, 0.3) is 0 Å². The molecular weight excluding hydrogens is 308 g/mol. The molecule has 2 bridgehead atoms. The maximum Gasteiger partial charge on any atom is 0.242 e. The van der Waals surface area contributed by atoms with Crippen LogP contribution in [0, 0.1) is 23.2 Å². The minimum absolute atomic E-state index is 0.0654. The third kappa shape index (κ3) is 2.13. The third-order valence-corrected chi connectivity index (χ3v) is 7.59. The number of Topliss-reactive ketones (excluding diaryl/α,β-unsaturated/α-hetero) is 1. The van der Waals surface area contributed by atoms with E-state index >= 15 is 0 Å². The summed E-state index contributed by atoms with van der Waals surface area (Å²) in [6.45, 7) is 4.12. The molecule has 23 heavy (non-hydrogen) atoms. The van der Waals surface area contributed by atoms with E-state index in [0.29, 0.717) is 18.3 Å². The predicted octanol–water partition coefficient (Wildman–Crippen LogP) is 3.16. The van der Waals surface area contributed by atoms with Crippen LogP contribution in [0.5, 0.6) is 0 Å². The number of thiophene rings is 1. The average molecular weight is 332 g/mol. The molecule has 0 spiro atoms. The fourth-order valence-electron chi connectivity index (χ4n) is 5.31. The Labute approximate surface area is 141 Å². The fourth-order valence-corrected chi connectivity index (χ4v) is 5.97. The maximum absolute atomic E-state index is 12.8. The zero-order valence-corrected chi connectivity index (χ0v) is 14.5. The molecule has 5 atom stereocenters. The number of carbonyl (C=O) groups excluding carboxylic acids is 2. The van der Waals surface area contributed by atoms with Crippen LogP contribution < -0.4 is 10.9 Å². The second-order valence-electron chi connectivity index (χ2n) is 8.01. The van der Waals surface area contributed by atoms with Crippen LogP contribution in [0.2, 0.25) is 0 Å². The van der Waals surface area contributed by atoms with E-state index in [1.807, 2.05) is 23.8 Å². The highest BCUT2D eigenvalue weighted by atomic mass is 32.1. The zero-order chi connectivity index (χ0) is 16.2. The zero-order valence-electron chi connectivity index (χ0n) is 13.7. The van der Waals surface area contributed by atoms with Gasteiger partial charge in [-0.2, -0.15) is 11.3 Å². The van der Waals surface area contributed by atoms with Gasteiger partial charge >= 0.3 is 0 Å². The number of nitrogens with one attached hydrogen (secondary N) is 2. The maximum atomic E-state index is 12.8. The van der Waals surface area contributed by atoms with Gasteiger partial charge in [0.15, 0.2) is 5.78 Å². The molecule has 1 aromatic rings. The van der Waals surface area contributed by atoms with Gasteiger partial charge in [0, 0.05) is 17.4 Å². The summed E-state index contributed by atoms with van der Waals surface area (Å²) >= 11 is 1.54. The molecule has 3 aliphatic rings. The molecule has 3 fully saturated rings. The molecule has 2 unspecified atom stereocenters. The average Bonchev–Trinajstić information content (AvgIpc) is 3.29. The standard InChI is InChI=1S/C18H24N2O2S/c1-17(9-15(21)13-5-6-23-10-13)18(2,16(22)19-20-17)14-8-11-3-4-12(14)7-11/h5-6,10-12,14,20H,3-4,7-9H2,1-2H3,(H,19,22)/t11-,12+,14-,17?,18?/m0/s1. The molecule has 4 nitrogen and oxygen atoms in total. The van der Waals surface area contributed by atoms with E-state index in [1.54, 1.807) is 0 Å². The van der Waals surface area contributed by atoms with Crippen molar-refractivity contribution in [1.29, 1.82) is 0 Å². The van der Waals surface area contributed by atoms with Crippen LogP contribution in [0.3, 0.4) is 0 Å². The molecular formula is C18H24N2O2S. The van der Waals surface area contributed by atoms with Gasteiger partial charge in [-0.05, 0) is 62.3 Å². The van der Waals surface area contributed by atoms with Gasteiger partial charge in [0.2, 0.25) is 5.91 Å². The van der Waals surface area contributed by atoms with Crippen molar-refractivity contribution in [1.82, 2.24) is 10.9 Å². The van der Waals surface area contributed by atoms with Crippen molar-refractivity contribution in [2.45, 2.75) is 51.5 Å². The number of fused-ring (bicyclic) bond motifs is 2. The second kappa shape index (κ2) is 5.15. The van der Waals surface area contributed by atoms with E-state index < -0.39 is 11.0 Å². The summed E-state index contributed by atoms with van der Waals surface area (Å²) in [6, 6.07) is 1.87. The van der Waals surface area contributed by atoms with Gasteiger partial charge in [-0.25, -0.2) is 5.43 Å². The van der Waals surface area contributed by atoms with E-state index in [2.05, 4.69) is 17.8 Å². The summed E-state index contributed by atoms with van der Waals surface area (Å²) in [5.41, 5.74) is 5.75. The molecule has 5 heteroatoms. The Hall–Kier alpha value is -1.20. The minimum Gasteiger partial charge on any atom is -0.294 e. The lowest BCUT2D eigenvalue weighted by atomic mass is 9.59. The van der Waals surface area contributed by atoms with E-state index in [1.165, 1.54) is 30.6 Å². The molecule has 124 valence electrons. The lowest BCUT2D eigenvalue weighted by Gasteiger charge is -2.44. The number of hydrazine groups is 1. The summed E-state index contributed by atoms with van der Waals surface area (Å²) in [4.78, 5) is 25.4. The van der Waals surface area contributed by atoms with Crippen molar-refractivity contribution >= 4 is 23.0 Å². The minimum atomic E-state index is -0.530. The molecule has 1 amide bonds. The fraction of sp³-hybridized carbons (Fsp3) is 0.667. The lowest BCUT2D eigenvalue weighted by Crippen LogP contribution is -2.55. The van der Waals surface area contributed by atoms with Crippen LogP contribution in [-0.2, 0) is 4.79 Å². The van der Waals surface area contributed by atoms with Crippen LogP contribution in [0.25, 0.3) is 0 Å². The first-order valence-corrected chi connectivity index (χ1v) is 9.51. The van der Waals surface area contributed by atoms with E-state index in [9.17, 15) is 9.59 Å². The SMILES string of the molecule is CC1(CC(=O)c2ccsc2)NNC(=O)C1(C)[C@H]1C[C@H]2CC[C@@H]1C2. The number of amides is 1. The van der Waals surface area contributed by atoms with Gasteiger partial charge in [-0.1, -0.05) is 6.42 Å². The summed E-state index contributed by atoms with van der Waals surface area (Å²) in [7, 11) is 0. The lowest BCUT2D eigenvalue weighted by molar-refractivity contribution is -0.133. The molecule has 2 heterocycles. The largest absolute Gasteiger partial charge is 0.294 e. The second-order valence-corrected chi connectivity index (χ2v) is 8.79. The van der Waals surface area contributed by atoms with Crippen molar-refractivity contribution in [2.24, 2.45) is 23.2 Å². The first-order chi connectivity index (χ1) is 10.9. The first-order valence-electron chi connectivity index (χ1n) is 8.57. The molecule has 4 rings (SSSR count). The Morgan fingerprint density at radius 3 is 2.78 bits per heavy atom. The third-order valence-electron chi connectivity index (χ3n) is 6.91. The molecule has 2 saturated carbocycles. The summed E-state index contributed by atoms with van der Waals surface area (Å²) in [6.07, 6.45) is 5.32. The quantitative estimate of drug-likeness (QED) is 0.833. The summed E-state index contributed by atoms with van der Waals surface area (Å²) in [5, 5.41) is 3.82. The van der Waals surface area contributed by atoms with Gasteiger partial charge in [0.05, 0.1) is 11.0 Å². The molecule has 2 aliphatic carbocycles. The molecule has 0 radical (unpaired) electrons. The van der Waals surface area contributed by atoms with Crippen LogP contribution in [0.15, 0.2) is 16.8 Å². The van der Waals surface area contributed by atoms with Gasteiger partial charge in [0.1, 0.15) is 0 Å². The van der Waals surface area contributed by atoms with Crippen molar-refractivity contribution in [2.75, 3.05) is 0 Å². The van der Waals surface area contributed by atoms with Crippen LogP contribution >= 0.6 is 11.3 Å². The number of ketones is 1. The van der Waals surface area contributed by atoms with Crippen molar-refractivity contribution in [3.8, 4) is 0 Å². The molecule has 2 N–H and O–H groups in total. The van der Waals surface area contributed by atoms with E-state index in [-0.39, 0.29) is 11.7 Å². The van der Waals surface area contributed by atoms with Crippen molar-refractivity contribution in [3.63, 3.8) is 0 Å². The molecule has 1 aromatic heterocycles. The van der Waals surface area contributed by atoms with Crippen molar-refractivity contribution < 1.29 is 9.59 Å². The molecule has 1 aliphatic heterocycles. The molecule has 1 saturated heterocycles. The number of hydrogen-bond donors (Lipinski definition) is 2. The highest BCUT2D eigenvalue weighted by Crippen LogP contribution is 2.59. The predicted molar refractivity (Wildman–Crippen MR) is 90.0 cm³/mol. The van der Waals surface area contributed by atoms with Gasteiger partial charge in [-0.3, -0.25) is 15.0 Å². The van der Waals surface area contributed by atoms with Crippen LogP contribution in [0.1, 0.15) is 56.3 Å². The summed E-state index contributed by atoms with van der Waals surface area (Å²) in [5.74, 6) is 2.00. The smallest absolute Gasteiger partial charge is 0.242 e.